The first-order chi connectivity index (χ1) is 8.04. The Morgan fingerprint density at radius 1 is 1.41 bits per heavy atom. The normalized spacial score (nSPS) is 30.5. The van der Waals surface area contributed by atoms with Gasteiger partial charge in [-0.1, -0.05) is 27.2 Å². The van der Waals surface area contributed by atoms with Gasteiger partial charge >= 0.3 is 0 Å². The zero-order valence-electron chi connectivity index (χ0n) is 11.1. The molecule has 1 N–H and O–H groups in total. The third kappa shape index (κ3) is 2.54. The van der Waals surface area contributed by atoms with Gasteiger partial charge in [0.15, 0.2) is 0 Å². The molecular formula is C14H24N2O. The summed E-state index contributed by atoms with van der Waals surface area (Å²) in [5.41, 5.74) is 0.374. The maximum Gasteiger partial charge on any atom is 0.0949 e. The number of aromatic nitrogens is 2. The number of aliphatic hydroxyl groups is 1. The first-order valence-electron chi connectivity index (χ1n) is 6.70. The summed E-state index contributed by atoms with van der Waals surface area (Å²) in [5.74, 6) is 0.698. The first-order valence-corrected chi connectivity index (χ1v) is 6.70. The zero-order chi connectivity index (χ0) is 12.5. The Morgan fingerprint density at radius 3 is 2.76 bits per heavy atom. The lowest BCUT2D eigenvalue weighted by molar-refractivity contribution is 0.0193. The van der Waals surface area contributed by atoms with Crippen molar-refractivity contribution in [1.29, 1.82) is 0 Å². The molecule has 0 aliphatic heterocycles. The molecule has 1 heterocycles. The number of hydrogen-bond donors (Lipinski definition) is 1. The van der Waals surface area contributed by atoms with E-state index in [4.69, 9.17) is 0 Å². The standard InChI is InChI=1S/C14H24N2O/c1-4-14(2,3)11-5-6-13(17)12(9-11)16-8-7-15-10-16/h7-8,10-13,17H,4-6,9H2,1-3H3. The van der Waals surface area contributed by atoms with Crippen molar-refractivity contribution >= 4 is 0 Å². The van der Waals surface area contributed by atoms with Crippen LogP contribution in [0.1, 0.15) is 52.5 Å². The third-order valence-corrected chi connectivity index (χ3v) is 4.71. The van der Waals surface area contributed by atoms with E-state index in [-0.39, 0.29) is 12.1 Å². The predicted molar refractivity (Wildman–Crippen MR) is 68.7 cm³/mol. The summed E-state index contributed by atoms with van der Waals surface area (Å²) in [6, 6.07) is 0.210. The molecule has 0 bridgehead atoms. The SMILES string of the molecule is CCC(C)(C)C1CCC(O)C(n2ccnc2)C1. The van der Waals surface area contributed by atoms with Crippen LogP contribution in [-0.4, -0.2) is 20.8 Å². The number of imidazole rings is 1. The quantitative estimate of drug-likeness (QED) is 0.876. The van der Waals surface area contributed by atoms with Gasteiger partial charge in [0.05, 0.1) is 18.5 Å². The largest absolute Gasteiger partial charge is 0.391 e. The predicted octanol–water partition coefficient (Wildman–Crippen LogP) is 3.02. The van der Waals surface area contributed by atoms with E-state index in [0.29, 0.717) is 11.3 Å². The van der Waals surface area contributed by atoms with Gasteiger partial charge in [0.2, 0.25) is 0 Å². The fourth-order valence-electron chi connectivity index (χ4n) is 2.92. The van der Waals surface area contributed by atoms with Gasteiger partial charge in [0.25, 0.3) is 0 Å². The van der Waals surface area contributed by atoms with E-state index < -0.39 is 0 Å². The lowest BCUT2D eigenvalue weighted by atomic mass is 9.68. The molecule has 3 heteroatoms. The second-order valence-corrected chi connectivity index (χ2v) is 6.00. The van der Waals surface area contributed by atoms with Crippen molar-refractivity contribution in [3.63, 3.8) is 0 Å². The van der Waals surface area contributed by atoms with Gasteiger partial charge in [-0.25, -0.2) is 4.98 Å². The summed E-state index contributed by atoms with van der Waals surface area (Å²) < 4.78 is 2.07. The molecule has 17 heavy (non-hydrogen) atoms. The maximum atomic E-state index is 10.1. The Kier molecular flexibility index (Phi) is 3.57. The highest BCUT2D eigenvalue weighted by Crippen LogP contribution is 2.43. The smallest absolute Gasteiger partial charge is 0.0949 e. The van der Waals surface area contributed by atoms with Gasteiger partial charge in [0, 0.05) is 12.4 Å². The maximum absolute atomic E-state index is 10.1. The van der Waals surface area contributed by atoms with Gasteiger partial charge in [-0.2, -0.15) is 0 Å². The van der Waals surface area contributed by atoms with Crippen LogP contribution in [0.15, 0.2) is 18.7 Å². The summed E-state index contributed by atoms with van der Waals surface area (Å²) in [7, 11) is 0. The van der Waals surface area contributed by atoms with Crippen molar-refractivity contribution in [2.24, 2.45) is 11.3 Å². The Hall–Kier alpha value is -0.830. The number of nitrogens with zero attached hydrogens (tertiary/aromatic N) is 2. The van der Waals surface area contributed by atoms with E-state index in [9.17, 15) is 5.11 Å². The van der Waals surface area contributed by atoms with Gasteiger partial charge < -0.3 is 9.67 Å². The van der Waals surface area contributed by atoms with Crippen molar-refractivity contribution in [2.45, 2.75) is 58.6 Å². The van der Waals surface area contributed by atoms with Crippen molar-refractivity contribution < 1.29 is 5.11 Å². The molecule has 3 atom stereocenters. The lowest BCUT2D eigenvalue weighted by Crippen LogP contribution is -2.36. The fraction of sp³-hybridized carbons (Fsp3) is 0.786. The van der Waals surface area contributed by atoms with Crippen LogP contribution in [-0.2, 0) is 0 Å². The molecule has 1 aliphatic rings. The van der Waals surface area contributed by atoms with Gasteiger partial charge in [-0.05, 0) is 30.6 Å². The summed E-state index contributed by atoms with van der Waals surface area (Å²) in [6.07, 6.45) is 9.70. The van der Waals surface area contributed by atoms with Crippen molar-refractivity contribution in [1.82, 2.24) is 9.55 Å². The molecule has 1 aliphatic carbocycles. The Labute approximate surface area is 104 Å². The zero-order valence-corrected chi connectivity index (χ0v) is 11.1. The molecule has 0 spiro atoms. The summed E-state index contributed by atoms with van der Waals surface area (Å²) >= 11 is 0. The Bertz CT molecular complexity index is 345. The van der Waals surface area contributed by atoms with Crippen molar-refractivity contribution in [3.8, 4) is 0 Å². The van der Waals surface area contributed by atoms with E-state index in [1.165, 1.54) is 6.42 Å². The van der Waals surface area contributed by atoms with Crippen LogP contribution in [0.5, 0.6) is 0 Å². The van der Waals surface area contributed by atoms with E-state index in [1.807, 2.05) is 12.5 Å². The molecule has 1 aromatic rings. The highest BCUT2D eigenvalue weighted by molar-refractivity contribution is 4.92. The molecule has 2 rings (SSSR count). The average Bonchev–Trinajstić information content (AvgIpc) is 2.83. The van der Waals surface area contributed by atoms with Crippen molar-refractivity contribution in [3.05, 3.63) is 18.7 Å². The number of hydrogen-bond acceptors (Lipinski definition) is 2. The summed E-state index contributed by atoms with van der Waals surface area (Å²) in [6.45, 7) is 6.96. The van der Waals surface area contributed by atoms with Crippen LogP contribution in [0.25, 0.3) is 0 Å². The van der Waals surface area contributed by atoms with Gasteiger partial charge in [-0.15, -0.1) is 0 Å². The summed E-state index contributed by atoms with van der Waals surface area (Å²) in [4.78, 5) is 4.09. The molecule has 0 radical (unpaired) electrons. The average molecular weight is 236 g/mol. The van der Waals surface area contributed by atoms with Crippen LogP contribution in [0.2, 0.25) is 0 Å². The number of rotatable bonds is 3. The monoisotopic (exact) mass is 236 g/mol. The van der Waals surface area contributed by atoms with Gasteiger partial charge in [0.1, 0.15) is 0 Å². The molecule has 0 aromatic carbocycles. The highest BCUT2D eigenvalue weighted by Gasteiger charge is 2.37. The van der Waals surface area contributed by atoms with Crippen LogP contribution in [0.4, 0.5) is 0 Å². The van der Waals surface area contributed by atoms with Crippen LogP contribution >= 0.6 is 0 Å². The molecule has 0 amide bonds. The molecule has 1 aromatic heterocycles. The van der Waals surface area contributed by atoms with Crippen LogP contribution in [0.3, 0.4) is 0 Å². The topological polar surface area (TPSA) is 38.0 Å². The molecule has 0 saturated heterocycles. The minimum absolute atomic E-state index is 0.210. The van der Waals surface area contributed by atoms with E-state index >= 15 is 0 Å². The van der Waals surface area contributed by atoms with E-state index in [0.717, 1.165) is 19.3 Å². The fourth-order valence-corrected chi connectivity index (χ4v) is 2.92. The first kappa shape index (κ1) is 12.6. The molecule has 96 valence electrons. The molecule has 3 nitrogen and oxygen atoms in total. The molecular weight excluding hydrogens is 212 g/mol. The second kappa shape index (κ2) is 4.81. The Balaban J connectivity index is 2.12. The minimum Gasteiger partial charge on any atom is -0.391 e. The molecule has 3 unspecified atom stereocenters. The third-order valence-electron chi connectivity index (χ3n) is 4.71. The second-order valence-electron chi connectivity index (χ2n) is 6.00. The highest BCUT2D eigenvalue weighted by atomic mass is 16.3. The van der Waals surface area contributed by atoms with E-state index in [2.05, 4.69) is 30.3 Å². The summed E-state index contributed by atoms with van der Waals surface area (Å²) in [5, 5.41) is 10.1. The Morgan fingerprint density at radius 2 is 2.18 bits per heavy atom. The van der Waals surface area contributed by atoms with E-state index in [1.54, 1.807) is 6.20 Å². The molecule has 1 fully saturated rings. The lowest BCUT2D eigenvalue weighted by Gasteiger charge is -2.41. The number of aliphatic hydroxyl groups excluding tert-OH is 1. The van der Waals surface area contributed by atoms with Crippen LogP contribution < -0.4 is 0 Å². The minimum atomic E-state index is -0.215. The van der Waals surface area contributed by atoms with Crippen LogP contribution in [0, 0.1) is 11.3 Å². The molecule has 1 saturated carbocycles. The van der Waals surface area contributed by atoms with Gasteiger partial charge in [-0.3, -0.25) is 0 Å². The van der Waals surface area contributed by atoms with Crippen molar-refractivity contribution in [2.75, 3.05) is 0 Å².